The summed E-state index contributed by atoms with van der Waals surface area (Å²) in [6, 6.07) is 9.72. The molecule has 0 radical (unpaired) electrons. The van der Waals surface area contributed by atoms with Crippen LogP contribution in [-0.4, -0.2) is 11.1 Å². The van der Waals surface area contributed by atoms with Gasteiger partial charge in [-0.15, -0.1) is 0 Å². The number of carboxylic acid groups (broad SMARTS) is 1. The van der Waals surface area contributed by atoms with E-state index in [0.717, 1.165) is 5.56 Å². The van der Waals surface area contributed by atoms with Gasteiger partial charge in [0.05, 0.1) is 5.92 Å². The maximum atomic E-state index is 11.0. The van der Waals surface area contributed by atoms with Crippen LogP contribution in [0.2, 0.25) is 0 Å². The smallest absolute Gasteiger partial charge is 0.307 e. The lowest BCUT2D eigenvalue weighted by atomic mass is 9.87. The molecule has 1 unspecified atom stereocenters. The molecule has 0 fully saturated rings. The van der Waals surface area contributed by atoms with Crippen molar-refractivity contribution in [3.63, 3.8) is 0 Å². The van der Waals surface area contributed by atoms with E-state index in [1.807, 2.05) is 49.4 Å². The molecular weight excluding hydrogens is 188 g/mol. The van der Waals surface area contributed by atoms with E-state index in [1.165, 1.54) is 0 Å². The second kappa shape index (κ2) is 5.35. The molecule has 0 aromatic heterocycles. The van der Waals surface area contributed by atoms with Crippen molar-refractivity contribution in [3.8, 4) is 0 Å². The number of allylic oxidation sites excluding steroid dienone is 2. The Labute approximate surface area is 90.3 Å². The van der Waals surface area contributed by atoms with E-state index in [-0.39, 0.29) is 5.92 Å². The number of rotatable bonds is 4. The summed E-state index contributed by atoms with van der Waals surface area (Å²) in [5.41, 5.74) is 1.05. The molecule has 0 aliphatic rings. The Kier molecular flexibility index (Phi) is 4.10. The van der Waals surface area contributed by atoms with E-state index >= 15 is 0 Å². The van der Waals surface area contributed by atoms with Crippen LogP contribution in [0, 0.1) is 5.92 Å². The molecule has 0 heterocycles. The summed E-state index contributed by atoms with van der Waals surface area (Å²) >= 11 is 0. The molecule has 2 nitrogen and oxygen atoms in total. The van der Waals surface area contributed by atoms with Gasteiger partial charge in [0.25, 0.3) is 0 Å². The molecule has 15 heavy (non-hydrogen) atoms. The van der Waals surface area contributed by atoms with E-state index in [4.69, 9.17) is 5.11 Å². The highest BCUT2D eigenvalue weighted by atomic mass is 16.4. The van der Waals surface area contributed by atoms with Crippen LogP contribution < -0.4 is 0 Å². The van der Waals surface area contributed by atoms with Gasteiger partial charge in [-0.3, -0.25) is 4.79 Å². The molecule has 2 heteroatoms. The van der Waals surface area contributed by atoms with Crippen LogP contribution in [0.1, 0.15) is 25.3 Å². The molecule has 1 N–H and O–H groups in total. The number of hydrogen-bond donors (Lipinski definition) is 1. The fourth-order valence-electron chi connectivity index (χ4n) is 1.60. The van der Waals surface area contributed by atoms with Gasteiger partial charge in [0.2, 0.25) is 0 Å². The van der Waals surface area contributed by atoms with E-state index in [0.29, 0.717) is 0 Å². The summed E-state index contributed by atoms with van der Waals surface area (Å²) in [6.45, 7) is 3.64. The average molecular weight is 204 g/mol. The number of hydrogen-bond acceptors (Lipinski definition) is 1. The predicted octanol–water partition coefficient (Wildman–Crippen LogP) is 3.07. The lowest BCUT2D eigenvalue weighted by Crippen LogP contribution is -2.17. The minimum absolute atomic E-state index is 0.0475. The van der Waals surface area contributed by atoms with E-state index in [2.05, 4.69) is 0 Å². The zero-order valence-corrected chi connectivity index (χ0v) is 9.05. The summed E-state index contributed by atoms with van der Waals surface area (Å²) in [4.78, 5) is 11.0. The van der Waals surface area contributed by atoms with Crippen molar-refractivity contribution < 1.29 is 9.90 Å². The molecule has 0 amide bonds. The highest BCUT2D eigenvalue weighted by Gasteiger charge is 2.22. The quantitative estimate of drug-likeness (QED) is 0.765. The van der Waals surface area contributed by atoms with Crippen molar-refractivity contribution >= 4 is 5.97 Å². The van der Waals surface area contributed by atoms with Crippen molar-refractivity contribution in [1.29, 1.82) is 0 Å². The Morgan fingerprint density at radius 3 is 2.40 bits per heavy atom. The number of carbonyl (C=O) groups is 1. The summed E-state index contributed by atoms with van der Waals surface area (Å²) in [5, 5.41) is 9.01. The number of aliphatic carboxylic acids is 1. The first kappa shape index (κ1) is 11.5. The van der Waals surface area contributed by atoms with Crippen LogP contribution in [0.25, 0.3) is 0 Å². The molecule has 1 aromatic rings. The van der Waals surface area contributed by atoms with Gasteiger partial charge in [0.1, 0.15) is 0 Å². The van der Waals surface area contributed by atoms with Crippen LogP contribution >= 0.6 is 0 Å². The molecular formula is C13H16O2. The molecule has 0 aliphatic heterocycles. The van der Waals surface area contributed by atoms with Crippen LogP contribution in [0.15, 0.2) is 42.5 Å². The largest absolute Gasteiger partial charge is 0.481 e. The number of benzene rings is 1. The maximum Gasteiger partial charge on any atom is 0.307 e. The van der Waals surface area contributed by atoms with Crippen LogP contribution in [0.3, 0.4) is 0 Å². The summed E-state index contributed by atoms with van der Waals surface area (Å²) in [6.07, 6.45) is 3.84. The first-order valence-corrected chi connectivity index (χ1v) is 5.07. The zero-order valence-electron chi connectivity index (χ0n) is 9.05. The van der Waals surface area contributed by atoms with Gasteiger partial charge >= 0.3 is 5.97 Å². The van der Waals surface area contributed by atoms with Gasteiger partial charge < -0.3 is 5.11 Å². The minimum atomic E-state index is -0.762. The molecule has 2 atom stereocenters. The third kappa shape index (κ3) is 2.94. The molecule has 0 aliphatic carbocycles. The van der Waals surface area contributed by atoms with E-state index < -0.39 is 11.9 Å². The van der Waals surface area contributed by atoms with Crippen LogP contribution in [0.5, 0.6) is 0 Å². The van der Waals surface area contributed by atoms with Crippen molar-refractivity contribution in [2.75, 3.05) is 0 Å². The first-order chi connectivity index (χ1) is 7.16. The second-order valence-corrected chi connectivity index (χ2v) is 3.59. The molecule has 1 aromatic carbocycles. The van der Waals surface area contributed by atoms with Gasteiger partial charge in [0.15, 0.2) is 0 Å². The topological polar surface area (TPSA) is 37.3 Å². The summed E-state index contributed by atoms with van der Waals surface area (Å²) < 4.78 is 0. The van der Waals surface area contributed by atoms with Gasteiger partial charge in [-0.25, -0.2) is 0 Å². The Morgan fingerprint density at radius 1 is 1.33 bits per heavy atom. The van der Waals surface area contributed by atoms with Gasteiger partial charge in [-0.1, -0.05) is 49.4 Å². The van der Waals surface area contributed by atoms with Crippen LogP contribution in [0.4, 0.5) is 0 Å². The highest BCUT2D eigenvalue weighted by Crippen LogP contribution is 2.26. The van der Waals surface area contributed by atoms with Crippen molar-refractivity contribution in [3.05, 3.63) is 48.0 Å². The zero-order chi connectivity index (χ0) is 11.3. The van der Waals surface area contributed by atoms with Crippen LogP contribution in [-0.2, 0) is 4.79 Å². The van der Waals surface area contributed by atoms with Gasteiger partial charge in [-0.05, 0) is 12.5 Å². The summed E-state index contributed by atoms with van der Waals surface area (Å²) in [7, 11) is 0. The molecule has 80 valence electrons. The standard InChI is InChI=1S/C13H16O2/c1-3-7-12(10(2)13(14)15)11-8-5-4-6-9-11/h3-10,12H,1-2H3,(H,14,15)/b7-3+/t10?,12-/m0/s1. The van der Waals surface area contributed by atoms with Gasteiger partial charge in [0, 0.05) is 5.92 Å². The first-order valence-electron chi connectivity index (χ1n) is 5.07. The maximum absolute atomic E-state index is 11.0. The second-order valence-electron chi connectivity index (χ2n) is 3.59. The minimum Gasteiger partial charge on any atom is -0.481 e. The molecule has 0 saturated heterocycles. The lowest BCUT2D eigenvalue weighted by Gasteiger charge is -2.17. The normalized spacial score (nSPS) is 15.1. The lowest BCUT2D eigenvalue weighted by molar-refractivity contribution is -0.141. The molecule has 0 spiro atoms. The molecule has 0 saturated carbocycles. The Bertz CT molecular complexity index is 341. The SMILES string of the molecule is C/C=C/[C@H](c1ccccc1)C(C)C(=O)O. The third-order valence-corrected chi connectivity index (χ3v) is 2.51. The van der Waals surface area contributed by atoms with E-state index in [1.54, 1.807) is 6.92 Å². The highest BCUT2D eigenvalue weighted by molar-refractivity contribution is 5.71. The monoisotopic (exact) mass is 204 g/mol. The van der Waals surface area contributed by atoms with Crippen molar-refractivity contribution in [1.82, 2.24) is 0 Å². The third-order valence-electron chi connectivity index (χ3n) is 2.51. The predicted molar refractivity (Wildman–Crippen MR) is 60.8 cm³/mol. The van der Waals surface area contributed by atoms with Crippen molar-refractivity contribution in [2.45, 2.75) is 19.8 Å². The fraction of sp³-hybridized carbons (Fsp3) is 0.308. The average Bonchev–Trinajstić information content (AvgIpc) is 2.26. The Morgan fingerprint density at radius 2 is 1.93 bits per heavy atom. The molecule has 1 rings (SSSR count). The number of carboxylic acids is 1. The van der Waals surface area contributed by atoms with Gasteiger partial charge in [-0.2, -0.15) is 0 Å². The van der Waals surface area contributed by atoms with Crippen molar-refractivity contribution in [2.24, 2.45) is 5.92 Å². The summed E-state index contributed by atoms with van der Waals surface area (Å²) in [5.74, 6) is -1.21. The Hall–Kier alpha value is -1.57. The molecule has 0 bridgehead atoms. The fourth-order valence-corrected chi connectivity index (χ4v) is 1.60. The van der Waals surface area contributed by atoms with E-state index in [9.17, 15) is 4.79 Å². The Balaban J connectivity index is 2.98.